The maximum Gasteiger partial charge on any atom is 0.222 e. The summed E-state index contributed by atoms with van der Waals surface area (Å²) in [7, 11) is 1.92. The third-order valence-corrected chi connectivity index (χ3v) is 3.45. The van der Waals surface area contributed by atoms with Crippen LogP contribution in [0.5, 0.6) is 5.75 Å². The molecule has 2 rings (SSSR count). The summed E-state index contributed by atoms with van der Waals surface area (Å²) >= 11 is 0. The van der Waals surface area contributed by atoms with Crippen molar-refractivity contribution in [3.05, 3.63) is 29.8 Å². The van der Waals surface area contributed by atoms with Crippen LogP contribution in [-0.4, -0.2) is 50.8 Å². The minimum atomic E-state index is 0.200. The zero-order valence-corrected chi connectivity index (χ0v) is 12.6. The van der Waals surface area contributed by atoms with E-state index in [0.29, 0.717) is 39.3 Å². The highest BCUT2D eigenvalue weighted by Gasteiger charge is 2.15. The molecule has 0 atom stereocenters. The van der Waals surface area contributed by atoms with Gasteiger partial charge in [0, 0.05) is 26.1 Å². The van der Waals surface area contributed by atoms with Crippen molar-refractivity contribution in [3.8, 4) is 5.75 Å². The van der Waals surface area contributed by atoms with Crippen molar-refractivity contribution in [1.29, 1.82) is 0 Å². The monoisotopic (exact) mass is 292 g/mol. The van der Waals surface area contributed by atoms with Gasteiger partial charge in [0.05, 0.1) is 19.8 Å². The van der Waals surface area contributed by atoms with Crippen LogP contribution in [0.1, 0.15) is 18.4 Å². The van der Waals surface area contributed by atoms with Gasteiger partial charge in [-0.05, 0) is 31.2 Å². The smallest absolute Gasteiger partial charge is 0.222 e. The molecular weight excluding hydrogens is 268 g/mol. The molecule has 5 heteroatoms. The Balaban J connectivity index is 1.67. The number of benzene rings is 1. The lowest BCUT2D eigenvalue weighted by atomic mass is 10.2. The van der Waals surface area contributed by atoms with Crippen molar-refractivity contribution < 1.29 is 14.3 Å². The van der Waals surface area contributed by atoms with Crippen molar-refractivity contribution in [3.63, 3.8) is 0 Å². The summed E-state index contributed by atoms with van der Waals surface area (Å²) in [5.41, 5.74) is 1.19. The van der Waals surface area contributed by atoms with Crippen molar-refractivity contribution in [2.75, 3.05) is 40.0 Å². The Morgan fingerprint density at radius 1 is 1.38 bits per heavy atom. The van der Waals surface area contributed by atoms with E-state index in [1.54, 1.807) is 0 Å². The van der Waals surface area contributed by atoms with Gasteiger partial charge in [0.2, 0.25) is 5.91 Å². The van der Waals surface area contributed by atoms with Gasteiger partial charge in [-0.3, -0.25) is 4.79 Å². The first-order valence-electron chi connectivity index (χ1n) is 7.51. The molecule has 1 saturated heterocycles. The number of carbonyl (C=O) groups is 1. The minimum absolute atomic E-state index is 0.200. The molecule has 1 heterocycles. The molecule has 1 aliphatic rings. The van der Waals surface area contributed by atoms with Crippen molar-refractivity contribution in [1.82, 2.24) is 10.2 Å². The van der Waals surface area contributed by atoms with Crippen LogP contribution in [-0.2, 0) is 16.1 Å². The number of morpholine rings is 1. The average molecular weight is 292 g/mol. The van der Waals surface area contributed by atoms with Crippen LogP contribution in [0.25, 0.3) is 0 Å². The van der Waals surface area contributed by atoms with Gasteiger partial charge in [-0.25, -0.2) is 0 Å². The molecule has 21 heavy (non-hydrogen) atoms. The maximum absolute atomic E-state index is 12.0. The molecule has 0 unspecified atom stereocenters. The SMILES string of the molecule is CNCc1cccc(OCCCC(=O)N2CCOCC2)c1. The molecule has 0 saturated carbocycles. The largest absolute Gasteiger partial charge is 0.494 e. The lowest BCUT2D eigenvalue weighted by molar-refractivity contribution is -0.135. The number of carbonyl (C=O) groups excluding carboxylic acids is 1. The van der Waals surface area contributed by atoms with E-state index in [2.05, 4.69) is 11.4 Å². The Labute approximate surface area is 126 Å². The zero-order valence-electron chi connectivity index (χ0n) is 12.6. The van der Waals surface area contributed by atoms with E-state index in [0.717, 1.165) is 18.7 Å². The van der Waals surface area contributed by atoms with E-state index in [1.807, 2.05) is 30.1 Å². The van der Waals surface area contributed by atoms with Crippen LogP contribution in [0.3, 0.4) is 0 Å². The normalized spacial score (nSPS) is 15.0. The molecule has 0 aliphatic carbocycles. The molecule has 1 amide bonds. The first kappa shape index (κ1) is 15.8. The van der Waals surface area contributed by atoms with Gasteiger partial charge in [0.1, 0.15) is 5.75 Å². The van der Waals surface area contributed by atoms with E-state index < -0.39 is 0 Å². The quantitative estimate of drug-likeness (QED) is 0.772. The highest BCUT2D eigenvalue weighted by Crippen LogP contribution is 2.14. The van der Waals surface area contributed by atoms with Gasteiger partial charge in [0.25, 0.3) is 0 Å². The number of ether oxygens (including phenoxy) is 2. The van der Waals surface area contributed by atoms with Crippen LogP contribution < -0.4 is 10.1 Å². The summed E-state index contributed by atoms with van der Waals surface area (Å²) in [5, 5.41) is 3.11. The molecule has 0 spiro atoms. The van der Waals surface area contributed by atoms with E-state index in [1.165, 1.54) is 5.56 Å². The number of amides is 1. The number of rotatable bonds is 7. The van der Waals surface area contributed by atoms with E-state index in [9.17, 15) is 4.79 Å². The Bertz CT molecular complexity index is 445. The van der Waals surface area contributed by atoms with Gasteiger partial charge >= 0.3 is 0 Å². The van der Waals surface area contributed by atoms with Crippen molar-refractivity contribution >= 4 is 5.91 Å². The third kappa shape index (κ3) is 5.36. The molecule has 116 valence electrons. The minimum Gasteiger partial charge on any atom is -0.494 e. The maximum atomic E-state index is 12.0. The van der Waals surface area contributed by atoms with Gasteiger partial charge in [-0.15, -0.1) is 0 Å². The van der Waals surface area contributed by atoms with Gasteiger partial charge < -0.3 is 19.7 Å². The first-order valence-corrected chi connectivity index (χ1v) is 7.51. The molecule has 1 fully saturated rings. The Kier molecular flexibility index (Phi) is 6.50. The summed E-state index contributed by atoms with van der Waals surface area (Å²) in [6.45, 7) is 4.13. The predicted molar refractivity (Wildman–Crippen MR) is 81.3 cm³/mol. The molecular formula is C16H24N2O3. The van der Waals surface area contributed by atoms with Crippen LogP contribution >= 0.6 is 0 Å². The van der Waals surface area contributed by atoms with Gasteiger partial charge in [-0.1, -0.05) is 12.1 Å². The van der Waals surface area contributed by atoms with Crippen molar-refractivity contribution in [2.45, 2.75) is 19.4 Å². The summed E-state index contributed by atoms with van der Waals surface area (Å²) in [6, 6.07) is 8.02. The van der Waals surface area contributed by atoms with E-state index >= 15 is 0 Å². The summed E-state index contributed by atoms with van der Waals surface area (Å²) in [4.78, 5) is 13.8. The number of nitrogens with zero attached hydrogens (tertiary/aromatic N) is 1. The van der Waals surface area contributed by atoms with Crippen molar-refractivity contribution in [2.24, 2.45) is 0 Å². The average Bonchev–Trinajstić information content (AvgIpc) is 2.53. The zero-order chi connectivity index (χ0) is 14.9. The topological polar surface area (TPSA) is 50.8 Å². The second kappa shape index (κ2) is 8.64. The van der Waals surface area contributed by atoms with Crippen LogP contribution in [0.4, 0.5) is 0 Å². The predicted octanol–water partition coefficient (Wildman–Crippen LogP) is 1.42. The highest BCUT2D eigenvalue weighted by atomic mass is 16.5. The fourth-order valence-corrected chi connectivity index (χ4v) is 2.33. The van der Waals surface area contributed by atoms with Gasteiger partial charge in [0.15, 0.2) is 0 Å². The lowest BCUT2D eigenvalue weighted by Gasteiger charge is -2.26. The molecule has 1 N–H and O–H groups in total. The fourth-order valence-electron chi connectivity index (χ4n) is 2.33. The molecule has 1 aliphatic heterocycles. The molecule has 0 aromatic heterocycles. The molecule has 5 nitrogen and oxygen atoms in total. The Hall–Kier alpha value is -1.59. The van der Waals surface area contributed by atoms with Crippen LogP contribution in [0.2, 0.25) is 0 Å². The van der Waals surface area contributed by atoms with Crippen LogP contribution in [0, 0.1) is 0 Å². The second-order valence-electron chi connectivity index (χ2n) is 5.12. The Morgan fingerprint density at radius 3 is 2.95 bits per heavy atom. The second-order valence-corrected chi connectivity index (χ2v) is 5.12. The summed E-state index contributed by atoms with van der Waals surface area (Å²) < 4.78 is 10.9. The Morgan fingerprint density at radius 2 is 2.19 bits per heavy atom. The van der Waals surface area contributed by atoms with Crippen LogP contribution in [0.15, 0.2) is 24.3 Å². The fraction of sp³-hybridized carbons (Fsp3) is 0.562. The summed E-state index contributed by atoms with van der Waals surface area (Å²) in [5.74, 6) is 1.06. The molecule has 0 radical (unpaired) electrons. The third-order valence-electron chi connectivity index (χ3n) is 3.45. The molecule has 1 aromatic rings. The standard InChI is InChI=1S/C16H24N2O3/c1-17-13-14-4-2-5-15(12-14)21-9-3-6-16(19)18-7-10-20-11-8-18/h2,4-5,12,17H,3,6-11,13H2,1H3. The van der Waals surface area contributed by atoms with E-state index in [4.69, 9.17) is 9.47 Å². The van der Waals surface area contributed by atoms with Gasteiger partial charge in [-0.2, -0.15) is 0 Å². The number of hydrogen-bond acceptors (Lipinski definition) is 4. The summed E-state index contributed by atoms with van der Waals surface area (Å²) in [6.07, 6.45) is 1.28. The lowest BCUT2D eigenvalue weighted by Crippen LogP contribution is -2.40. The molecule has 1 aromatic carbocycles. The van der Waals surface area contributed by atoms with E-state index in [-0.39, 0.29) is 5.91 Å². The first-order chi connectivity index (χ1) is 10.3. The number of nitrogens with one attached hydrogen (secondary N) is 1. The highest BCUT2D eigenvalue weighted by molar-refractivity contribution is 5.76. The molecule has 0 bridgehead atoms. The number of hydrogen-bond donors (Lipinski definition) is 1.